The van der Waals surface area contributed by atoms with Gasteiger partial charge in [-0.1, -0.05) is 6.07 Å². The summed E-state index contributed by atoms with van der Waals surface area (Å²) in [6, 6.07) is 7.95. The third-order valence-corrected chi connectivity index (χ3v) is 3.76. The number of aromatic nitrogens is 2. The molecule has 0 saturated heterocycles. The number of amides is 1. The fraction of sp³-hybridized carbons (Fsp3) is 0.0769. The number of fused-ring (bicyclic) bond motifs is 1. The zero-order chi connectivity index (χ0) is 14.8. The van der Waals surface area contributed by atoms with Gasteiger partial charge in [0.25, 0.3) is 11.6 Å². The molecule has 0 bridgehead atoms. The summed E-state index contributed by atoms with van der Waals surface area (Å²) >= 11 is 1.36. The summed E-state index contributed by atoms with van der Waals surface area (Å²) in [6.45, 7) is 0.235. The molecule has 0 spiro atoms. The molecule has 8 heteroatoms. The Balaban J connectivity index is 1.75. The predicted octanol–water partition coefficient (Wildman–Crippen LogP) is 2.46. The average Bonchev–Trinajstić information content (AvgIpc) is 3.12. The molecule has 21 heavy (non-hydrogen) atoms. The third-order valence-electron chi connectivity index (χ3n) is 2.89. The first-order valence-electron chi connectivity index (χ1n) is 6.08. The van der Waals surface area contributed by atoms with E-state index < -0.39 is 4.92 Å². The summed E-state index contributed by atoms with van der Waals surface area (Å²) in [4.78, 5) is 29.9. The molecule has 2 N–H and O–H groups in total. The van der Waals surface area contributed by atoms with Crippen LogP contribution in [0.1, 0.15) is 15.5 Å². The lowest BCUT2D eigenvalue weighted by atomic mass is 10.3. The quantitative estimate of drug-likeness (QED) is 0.571. The molecule has 1 aromatic carbocycles. The van der Waals surface area contributed by atoms with Crippen molar-refractivity contribution in [3.05, 3.63) is 56.5 Å². The van der Waals surface area contributed by atoms with Gasteiger partial charge < -0.3 is 10.3 Å². The minimum atomic E-state index is -0.460. The highest BCUT2D eigenvalue weighted by Gasteiger charge is 2.11. The Morgan fingerprint density at radius 2 is 2.29 bits per heavy atom. The smallest absolute Gasteiger partial charge is 0.271 e. The Hall–Kier alpha value is -2.74. The number of nitrogens with one attached hydrogen (secondary N) is 2. The third kappa shape index (κ3) is 2.75. The highest BCUT2D eigenvalue weighted by Crippen LogP contribution is 2.18. The van der Waals surface area contributed by atoms with Crippen LogP contribution >= 0.6 is 11.3 Å². The number of benzene rings is 1. The van der Waals surface area contributed by atoms with E-state index in [-0.39, 0.29) is 18.1 Å². The normalized spacial score (nSPS) is 10.7. The summed E-state index contributed by atoms with van der Waals surface area (Å²) in [7, 11) is 0. The molecule has 0 unspecified atom stereocenters. The molecule has 0 aliphatic carbocycles. The van der Waals surface area contributed by atoms with Gasteiger partial charge in [-0.25, -0.2) is 4.98 Å². The minimum absolute atomic E-state index is 0.000297. The zero-order valence-electron chi connectivity index (χ0n) is 10.7. The van der Waals surface area contributed by atoms with E-state index in [9.17, 15) is 14.9 Å². The number of nitrogens with zero attached hydrogens (tertiary/aromatic N) is 2. The van der Waals surface area contributed by atoms with E-state index in [2.05, 4.69) is 15.3 Å². The highest BCUT2D eigenvalue weighted by molar-refractivity contribution is 7.12. The van der Waals surface area contributed by atoms with Crippen molar-refractivity contribution < 1.29 is 9.72 Å². The van der Waals surface area contributed by atoms with Crippen molar-refractivity contribution >= 4 is 34.0 Å². The summed E-state index contributed by atoms with van der Waals surface area (Å²) < 4.78 is 0. The maximum Gasteiger partial charge on any atom is 0.271 e. The zero-order valence-corrected chi connectivity index (χ0v) is 11.5. The van der Waals surface area contributed by atoms with Gasteiger partial charge in [0.15, 0.2) is 0 Å². The van der Waals surface area contributed by atoms with Crippen molar-refractivity contribution in [3.63, 3.8) is 0 Å². The van der Waals surface area contributed by atoms with E-state index in [1.807, 2.05) is 5.38 Å². The van der Waals surface area contributed by atoms with E-state index in [0.717, 1.165) is 0 Å². The van der Waals surface area contributed by atoms with Crippen LogP contribution in [0.15, 0.2) is 35.7 Å². The molecule has 0 aliphatic heterocycles. The molecule has 2 heterocycles. The van der Waals surface area contributed by atoms with E-state index in [1.54, 1.807) is 18.2 Å². The predicted molar refractivity (Wildman–Crippen MR) is 78.2 cm³/mol. The van der Waals surface area contributed by atoms with Gasteiger partial charge in [0.05, 0.1) is 27.4 Å². The number of thiophene rings is 1. The lowest BCUT2D eigenvalue weighted by Gasteiger charge is -1.99. The van der Waals surface area contributed by atoms with Gasteiger partial charge in [0, 0.05) is 12.1 Å². The number of hydrogen-bond donors (Lipinski definition) is 2. The number of nitro groups is 1. The van der Waals surface area contributed by atoms with E-state index in [4.69, 9.17) is 0 Å². The Bertz CT molecular complexity index is 810. The number of rotatable bonds is 4. The first kappa shape index (κ1) is 13.3. The second kappa shape index (κ2) is 5.33. The summed E-state index contributed by atoms with van der Waals surface area (Å²) in [6.07, 6.45) is 0. The largest absolute Gasteiger partial charge is 0.344 e. The van der Waals surface area contributed by atoms with Gasteiger partial charge >= 0.3 is 0 Å². The molecule has 0 aliphatic rings. The molecule has 3 aromatic rings. The number of aromatic amines is 1. The summed E-state index contributed by atoms with van der Waals surface area (Å²) in [5.74, 6) is 0.381. The van der Waals surface area contributed by atoms with E-state index >= 15 is 0 Å². The maximum absolute atomic E-state index is 11.8. The first-order valence-corrected chi connectivity index (χ1v) is 6.96. The molecule has 0 radical (unpaired) electrons. The van der Waals surface area contributed by atoms with E-state index in [0.29, 0.717) is 21.7 Å². The van der Waals surface area contributed by atoms with Crippen LogP contribution < -0.4 is 5.32 Å². The molecule has 106 valence electrons. The fourth-order valence-corrected chi connectivity index (χ4v) is 2.55. The van der Waals surface area contributed by atoms with Gasteiger partial charge in [-0.15, -0.1) is 11.3 Å². The lowest BCUT2D eigenvalue weighted by molar-refractivity contribution is -0.384. The summed E-state index contributed by atoms with van der Waals surface area (Å²) in [5, 5.41) is 15.3. The fourth-order valence-electron chi connectivity index (χ4n) is 1.91. The number of carbonyl (C=O) groups is 1. The maximum atomic E-state index is 11.8. The average molecular weight is 302 g/mol. The van der Waals surface area contributed by atoms with Crippen molar-refractivity contribution in [1.82, 2.24) is 15.3 Å². The van der Waals surface area contributed by atoms with Gasteiger partial charge in [0.1, 0.15) is 5.82 Å². The number of non-ortho nitro benzene ring substituents is 1. The van der Waals surface area contributed by atoms with Crippen LogP contribution in [0.3, 0.4) is 0 Å². The molecule has 0 atom stereocenters. The molecule has 7 nitrogen and oxygen atoms in total. The number of nitro benzene ring substituents is 1. The molecule has 3 rings (SSSR count). The van der Waals surface area contributed by atoms with Crippen molar-refractivity contribution in [1.29, 1.82) is 0 Å². The number of hydrogen-bond acceptors (Lipinski definition) is 5. The SMILES string of the molecule is O=C(NCc1nc2ccc([N+](=O)[O-])cc2[nH]1)c1cccs1. The van der Waals surface area contributed by atoms with Crippen LogP contribution in [0.4, 0.5) is 5.69 Å². The van der Waals surface area contributed by atoms with Crippen LogP contribution in [0, 0.1) is 10.1 Å². The molecule has 2 aromatic heterocycles. The Morgan fingerprint density at radius 3 is 3.00 bits per heavy atom. The van der Waals surface area contributed by atoms with Gasteiger partial charge in [-0.3, -0.25) is 14.9 Å². The topological polar surface area (TPSA) is 101 Å². The summed E-state index contributed by atoms with van der Waals surface area (Å²) in [5.41, 5.74) is 1.20. The number of H-pyrrole nitrogens is 1. The Kier molecular flexibility index (Phi) is 3.36. The van der Waals surface area contributed by atoms with Crippen LogP contribution in [0.2, 0.25) is 0 Å². The highest BCUT2D eigenvalue weighted by atomic mass is 32.1. The lowest BCUT2D eigenvalue weighted by Crippen LogP contribution is -2.22. The number of carbonyl (C=O) groups excluding carboxylic acids is 1. The Morgan fingerprint density at radius 1 is 1.43 bits per heavy atom. The number of imidazole rings is 1. The van der Waals surface area contributed by atoms with Crippen molar-refractivity contribution in [3.8, 4) is 0 Å². The Labute approximate surface area is 122 Å². The molecular formula is C13H10N4O3S. The first-order chi connectivity index (χ1) is 10.1. The molecule has 0 saturated carbocycles. The second-order valence-corrected chi connectivity index (χ2v) is 5.25. The van der Waals surface area contributed by atoms with Crippen LogP contribution in [-0.2, 0) is 6.54 Å². The standard InChI is InChI=1S/C13H10N4O3S/c18-13(11-2-1-5-21-11)14-7-12-15-9-4-3-8(17(19)20)6-10(9)16-12/h1-6H,7H2,(H,14,18)(H,15,16). The van der Waals surface area contributed by atoms with Crippen LogP contribution in [-0.4, -0.2) is 20.8 Å². The van der Waals surface area contributed by atoms with Gasteiger partial charge in [-0.2, -0.15) is 0 Å². The monoisotopic (exact) mass is 302 g/mol. The van der Waals surface area contributed by atoms with Gasteiger partial charge in [-0.05, 0) is 17.5 Å². The molecule has 1 amide bonds. The van der Waals surface area contributed by atoms with Crippen molar-refractivity contribution in [2.24, 2.45) is 0 Å². The van der Waals surface area contributed by atoms with Crippen LogP contribution in [0.25, 0.3) is 11.0 Å². The second-order valence-electron chi connectivity index (χ2n) is 4.30. The van der Waals surface area contributed by atoms with Crippen LogP contribution in [0.5, 0.6) is 0 Å². The minimum Gasteiger partial charge on any atom is -0.344 e. The van der Waals surface area contributed by atoms with Gasteiger partial charge in [0.2, 0.25) is 0 Å². The molecule has 0 fully saturated rings. The van der Waals surface area contributed by atoms with E-state index in [1.165, 1.54) is 23.5 Å². The molecular weight excluding hydrogens is 292 g/mol. The van der Waals surface area contributed by atoms with Crippen molar-refractivity contribution in [2.45, 2.75) is 6.54 Å². The van der Waals surface area contributed by atoms with Crippen molar-refractivity contribution in [2.75, 3.05) is 0 Å².